The molecule has 6 heteroatoms. The highest BCUT2D eigenvalue weighted by Gasteiger charge is 2.44. The van der Waals surface area contributed by atoms with Crippen molar-refractivity contribution < 1.29 is 14.3 Å². The van der Waals surface area contributed by atoms with Crippen LogP contribution in [-0.4, -0.2) is 53.3 Å². The molecule has 204 valence electrons. The van der Waals surface area contributed by atoms with E-state index in [4.69, 9.17) is 4.74 Å². The standard InChI is InChI=1S/C33H39N3O3/c1-2-3-20-36-31(32(37)34-30(33(36)38)23-25-10-6-4-7-11-25)27-18-21-35(22-19-27)24-26-14-16-29(17-15-26)39-28-12-8-5-9-13-28/h4-17,27,30-31H,2-3,18-24H2,1H3,(H,34,37)/t30-,31?/m0/s1. The first-order valence-electron chi connectivity index (χ1n) is 14.3. The summed E-state index contributed by atoms with van der Waals surface area (Å²) in [6.45, 7) is 5.48. The zero-order valence-corrected chi connectivity index (χ0v) is 22.8. The fourth-order valence-corrected chi connectivity index (χ4v) is 5.80. The van der Waals surface area contributed by atoms with Crippen molar-refractivity contribution in [2.24, 2.45) is 5.92 Å². The van der Waals surface area contributed by atoms with Crippen molar-refractivity contribution in [3.8, 4) is 11.5 Å². The van der Waals surface area contributed by atoms with Gasteiger partial charge in [-0.3, -0.25) is 14.5 Å². The molecule has 2 heterocycles. The van der Waals surface area contributed by atoms with Gasteiger partial charge in [-0.25, -0.2) is 0 Å². The lowest BCUT2D eigenvalue weighted by atomic mass is 9.85. The molecular weight excluding hydrogens is 486 g/mol. The summed E-state index contributed by atoms with van der Waals surface area (Å²) in [4.78, 5) is 31.3. The summed E-state index contributed by atoms with van der Waals surface area (Å²) in [7, 11) is 0. The smallest absolute Gasteiger partial charge is 0.246 e. The minimum Gasteiger partial charge on any atom is -0.457 e. The van der Waals surface area contributed by atoms with Crippen molar-refractivity contribution >= 4 is 11.8 Å². The lowest BCUT2D eigenvalue weighted by Gasteiger charge is -2.45. The largest absolute Gasteiger partial charge is 0.457 e. The van der Waals surface area contributed by atoms with E-state index < -0.39 is 6.04 Å². The van der Waals surface area contributed by atoms with Crippen LogP contribution in [0, 0.1) is 5.92 Å². The van der Waals surface area contributed by atoms with Crippen molar-refractivity contribution in [2.75, 3.05) is 19.6 Å². The van der Waals surface area contributed by atoms with Crippen LogP contribution in [-0.2, 0) is 22.6 Å². The molecule has 3 aromatic carbocycles. The number of para-hydroxylation sites is 1. The molecule has 2 aliphatic rings. The molecule has 2 amide bonds. The Morgan fingerprint density at radius 2 is 1.46 bits per heavy atom. The van der Waals surface area contributed by atoms with Crippen LogP contribution in [0.2, 0.25) is 0 Å². The number of rotatable bonds is 10. The molecule has 39 heavy (non-hydrogen) atoms. The average molecular weight is 526 g/mol. The van der Waals surface area contributed by atoms with E-state index in [1.165, 1.54) is 5.56 Å². The summed E-state index contributed by atoms with van der Waals surface area (Å²) in [6, 6.07) is 27.2. The van der Waals surface area contributed by atoms with Crippen LogP contribution in [0.5, 0.6) is 11.5 Å². The number of likely N-dealkylation sites (tertiary alicyclic amines) is 1. The maximum absolute atomic E-state index is 13.6. The van der Waals surface area contributed by atoms with Gasteiger partial charge in [0.1, 0.15) is 23.6 Å². The second-order valence-corrected chi connectivity index (χ2v) is 10.8. The molecular formula is C33H39N3O3. The third kappa shape index (κ3) is 6.87. The molecule has 0 spiro atoms. The van der Waals surface area contributed by atoms with Gasteiger partial charge in [0, 0.05) is 19.5 Å². The number of carbonyl (C=O) groups is 2. The maximum Gasteiger partial charge on any atom is 0.246 e. The molecule has 2 atom stereocenters. The first kappa shape index (κ1) is 26.9. The third-order valence-electron chi connectivity index (χ3n) is 7.92. The van der Waals surface area contributed by atoms with Crippen molar-refractivity contribution in [2.45, 2.75) is 57.7 Å². The quantitative estimate of drug-likeness (QED) is 0.384. The summed E-state index contributed by atoms with van der Waals surface area (Å²) in [6.07, 6.45) is 4.26. The van der Waals surface area contributed by atoms with Gasteiger partial charge >= 0.3 is 0 Å². The first-order chi connectivity index (χ1) is 19.1. The number of nitrogens with one attached hydrogen (secondary N) is 1. The number of hydrogen-bond donors (Lipinski definition) is 1. The summed E-state index contributed by atoms with van der Waals surface area (Å²) in [5.74, 6) is 1.92. The van der Waals surface area contributed by atoms with Crippen molar-refractivity contribution in [3.05, 3.63) is 96.1 Å². The fraction of sp³-hybridized carbons (Fsp3) is 0.394. The van der Waals surface area contributed by atoms with Gasteiger partial charge in [-0.1, -0.05) is 74.0 Å². The monoisotopic (exact) mass is 525 g/mol. The molecule has 1 unspecified atom stereocenters. The van der Waals surface area contributed by atoms with E-state index in [1.807, 2.05) is 77.7 Å². The summed E-state index contributed by atoms with van der Waals surface area (Å²) in [5, 5.41) is 3.09. The van der Waals surface area contributed by atoms with Gasteiger partial charge in [0.2, 0.25) is 11.8 Å². The number of piperidine rings is 1. The zero-order valence-electron chi connectivity index (χ0n) is 22.8. The highest BCUT2D eigenvalue weighted by molar-refractivity contribution is 5.97. The first-order valence-corrected chi connectivity index (χ1v) is 14.3. The molecule has 2 aliphatic heterocycles. The highest BCUT2D eigenvalue weighted by atomic mass is 16.5. The lowest BCUT2D eigenvalue weighted by molar-refractivity contribution is -0.152. The fourth-order valence-electron chi connectivity index (χ4n) is 5.80. The number of ether oxygens (including phenoxy) is 1. The molecule has 5 rings (SSSR count). The van der Waals surface area contributed by atoms with E-state index >= 15 is 0 Å². The number of nitrogens with zero attached hydrogens (tertiary/aromatic N) is 2. The number of amides is 2. The maximum atomic E-state index is 13.6. The van der Waals surface area contributed by atoms with Gasteiger partial charge in [-0.2, -0.15) is 0 Å². The Balaban J connectivity index is 1.17. The molecule has 0 bridgehead atoms. The normalized spacial score (nSPS) is 20.6. The van der Waals surface area contributed by atoms with Gasteiger partial charge in [0.15, 0.2) is 0 Å². The summed E-state index contributed by atoms with van der Waals surface area (Å²) in [5.41, 5.74) is 2.31. The average Bonchev–Trinajstić information content (AvgIpc) is 2.97. The van der Waals surface area contributed by atoms with E-state index in [-0.39, 0.29) is 23.8 Å². The number of piperazine rings is 1. The van der Waals surface area contributed by atoms with Crippen molar-refractivity contribution in [1.29, 1.82) is 0 Å². The van der Waals surface area contributed by atoms with E-state index in [2.05, 4.69) is 29.3 Å². The van der Waals surface area contributed by atoms with Crippen molar-refractivity contribution in [3.63, 3.8) is 0 Å². The molecule has 0 radical (unpaired) electrons. The Morgan fingerprint density at radius 3 is 2.13 bits per heavy atom. The van der Waals surface area contributed by atoms with Crippen LogP contribution in [0.4, 0.5) is 0 Å². The minimum atomic E-state index is -0.484. The molecule has 6 nitrogen and oxygen atoms in total. The van der Waals surface area contributed by atoms with Gasteiger partial charge in [-0.15, -0.1) is 0 Å². The van der Waals surface area contributed by atoms with Crippen LogP contribution in [0.25, 0.3) is 0 Å². The third-order valence-corrected chi connectivity index (χ3v) is 7.92. The summed E-state index contributed by atoms with van der Waals surface area (Å²) < 4.78 is 5.92. The molecule has 1 N–H and O–H groups in total. The van der Waals surface area contributed by atoms with E-state index in [1.54, 1.807) is 0 Å². The van der Waals surface area contributed by atoms with Crippen molar-refractivity contribution in [1.82, 2.24) is 15.1 Å². The predicted octanol–water partition coefficient (Wildman–Crippen LogP) is 5.43. The molecule has 0 saturated carbocycles. The van der Waals surface area contributed by atoms with Gasteiger partial charge in [0.25, 0.3) is 0 Å². The Bertz CT molecular complexity index is 1210. The van der Waals surface area contributed by atoms with Crippen LogP contribution in [0.1, 0.15) is 43.7 Å². The lowest BCUT2D eigenvalue weighted by Crippen LogP contribution is -2.66. The van der Waals surface area contributed by atoms with Gasteiger partial charge < -0.3 is 15.0 Å². The Labute approximate surface area is 232 Å². The number of benzene rings is 3. The highest BCUT2D eigenvalue weighted by Crippen LogP contribution is 2.29. The molecule has 3 aromatic rings. The molecule has 2 saturated heterocycles. The Hall–Kier alpha value is -3.64. The number of unbranched alkanes of at least 4 members (excludes halogenated alkanes) is 1. The Kier molecular flexibility index (Phi) is 8.94. The van der Waals surface area contributed by atoms with Crippen LogP contribution in [0.15, 0.2) is 84.9 Å². The molecule has 0 aliphatic carbocycles. The van der Waals surface area contributed by atoms with E-state index in [0.29, 0.717) is 13.0 Å². The zero-order chi connectivity index (χ0) is 27.0. The van der Waals surface area contributed by atoms with Crippen LogP contribution >= 0.6 is 0 Å². The second-order valence-electron chi connectivity index (χ2n) is 10.8. The molecule has 0 aromatic heterocycles. The molecule has 2 fully saturated rings. The van der Waals surface area contributed by atoms with Gasteiger partial charge in [-0.05, 0) is 73.7 Å². The topological polar surface area (TPSA) is 61.9 Å². The van der Waals surface area contributed by atoms with E-state index in [0.717, 1.165) is 62.4 Å². The number of hydrogen-bond acceptors (Lipinski definition) is 4. The summed E-state index contributed by atoms with van der Waals surface area (Å²) >= 11 is 0. The second kappa shape index (κ2) is 12.9. The van der Waals surface area contributed by atoms with Crippen LogP contribution in [0.3, 0.4) is 0 Å². The predicted molar refractivity (Wildman–Crippen MR) is 153 cm³/mol. The number of carbonyl (C=O) groups excluding carboxylic acids is 2. The van der Waals surface area contributed by atoms with E-state index in [9.17, 15) is 9.59 Å². The Morgan fingerprint density at radius 1 is 0.821 bits per heavy atom. The SMILES string of the molecule is CCCCN1C(=O)[C@H](Cc2ccccc2)NC(=O)C1C1CCN(Cc2ccc(Oc3ccccc3)cc2)CC1. The van der Waals surface area contributed by atoms with Gasteiger partial charge in [0.05, 0.1) is 0 Å². The minimum absolute atomic E-state index is 0.0130. The van der Waals surface area contributed by atoms with Crippen LogP contribution < -0.4 is 10.1 Å².